The van der Waals surface area contributed by atoms with Crippen molar-refractivity contribution in [1.82, 2.24) is 0 Å². The molecule has 3 nitrogen and oxygen atoms in total. The molecule has 0 amide bonds. The summed E-state index contributed by atoms with van der Waals surface area (Å²) in [6, 6.07) is 18.8. The van der Waals surface area contributed by atoms with Crippen LogP contribution in [-0.4, -0.2) is 32.1 Å². The van der Waals surface area contributed by atoms with Crippen LogP contribution in [0.5, 0.6) is 0 Å². The molecule has 1 aliphatic heterocycles. The standard InChI is InChI=1S/C21H25NO2/c1-2-21(23)20(16-17-6-4-3-5-7-17)18-8-10-19(11-9-18)22-12-14-24-15-13-22/h3-11,20H,2,12-16H2,1H3. The minimum absolute atomic E-state index is 0.0591. The molecular formula is C21H25NO2. The summed E-state index contributed by atoms with van der Waals surface area (Å²) in [6.07, 6.45) is 1.34. The van der Waals surface area contributed by atoms with Gasteiger partial charge in [-0.2, -0.15) is 0 Å². The van der Waals surface area contributed by atoms with Crippen molar-refractivity contribution in [2.75, 3.05) is 31.2 Å². The lowest BCUT2D eigenvalue weighted by Crippen LogP contribution is -2.36. The van der Waals surface area contributed by atoms with Gasteiger partial charge in [0.05, 0.1) is 13.2 Å². The van der Waals surface area contributed by atoms with E-state index in [4.69, 9.17) is 4.74 Å². The van der Waals surface area contributed by atoms with Crippen LogP contribution >= 0.6 is 0 Å². The van der Waals surface area contributed by atoms with E-state index >= 15 is 0 Å². The largest absolute Gasteiger partial charge is 0.378 e. The second-order valence-corrected chi connectivity index (χ2v) is 6.25. The lowest BCUT2D eigenvalue weighted by molar-refractivity contribution is -0.120. The van der Waals surface area contributed by atoms with Crippen molar-refractivity contribution in [3.8, 4) is 0 Å². The van der Waals surface area contributed by atoms with Crippen molar-refractivity contribution in [3.63, 3.8) is 0 Å². The summed E-state index contributed by atoms with van der Waals surface area (Å²) in [4.78, 5) is 14.8. The van der Waals surface area contributed by atoms with Crippen molar-refractivity contribution in [2.45, 2.75) is 25.7 Å². The maximum Gasteiger partial charge on any atom is 0.140 e. The summed E-state index contributed by atoms with van der Waals surface area (Å²) < 4.78 is 5.41. The predicted octanol–water partition coefficient (Wildman–Crippen LogP) is 3.83. The Kier molecular flexibility index (Phi) is 5.65. The van der Waals surface area contributed by atoms with Gasteiger partial charge in [-0.3, -0.25) is 4.79 Å². The highest BCUT2D eigenvalue weighted by atomic mass is 16.5. The summed E-state index contributed by atoms with van der Waals surface area (Å²) in [5.41, 5.74) is 3.54. The molecule has 0 N–H and O–H groups in total. The number of anilines is 1. The zero-order chi connectivity index (χ0) is 16.8. The van der Waals surface area contributed by atoms with Gasteiger partial charge in [0.2, 0.25) is 0 Å². The first kappa shape index (κ1) is 16.7. The molecule has 0 spiro atoms. The first-order valence-corrected chi connectivity index (χ1v) is 8.77. The first-order chi connectivity index (χ1) is 11.8. The Balaban J connectivity index is 1.78. The normalized spacial score (nSPS) is 16.0. The molecule has 1 fully saturated rings. The number of carbonyl (C=O) groups is 1. The van der Waals surface area contributed by atoms with Gasteiger partial charge in [-0.1, -0.05) is 49.4 Å². The minimum atomic E-state index is -0.0591. The molecule has 2 aromatic carbocycles. The molecular weight excluding hydrogens is 298 g/mol. The van der Waals surface area contributed by atoms with E-state index in [0.717, 1.165) is 38.3 Å². The Morgan fingerprint density at radius 1 is 1.04 bits per heavy atom. The third kappa shape index (κ3) is 4.04. The van der Waals surface area contributed by atoms with Crippen LogP contribution in [0.25, 0.3) is 0 Å². The number of hydrogen-bond donors (Lipinski definition) is 0. The fourth-order valence-corrected chi connectivity index (χ4v) is 3.25. The molecule has 1 aliphatic rings. The number of hydrogen-bond acceptors (Lipinski definition) is 3. The van der Waals surface area contributed by atoms with E-state index in [1.54, 1.807) is 0 Å². The van der Waals surface area contributed by atoms with Gasteiger partial charge >= 0.3 is 0 Å². The van der Waals surface area contributed by atoms with Gasteiger partial charge in [-0.05, 0) is 29.7 Å². The summed E-state index contributed by atoms with van der Waals surface area (Å²) >= 11 is 0. The number of carbonyl (C=O) groups excluding carboxylic acids is 1. The van der Waals surface area contributed by atoms with Gasteiger partial charge in [0.25, 0.3) is 0 Å². The molecule has 0 aromatic heterocycles. The number of rotatable bonds is 6. The average Bonchev–Trinajstić information content (AvgIpc) is 2.67. The zero-order valence-corrected chi connectivity index (χ0v) is 14.3. The maximum absolute atomic E-state index is 12.5. The zero-order valence-electron chi connectivity index (χ0n) is 14.3. The average molecular weight is 323 g/mol. The number of Topliss-reactive ketones (excluding diaryl/α,β-unsaturated/α-hetero) is 1. The monoisotopic (exact) mass is 323 g/mol. The van der Waals surface area contributed by atoms with Gasteiger partial charge in [0, 0.05) is 31.1 Å². The molecule has 0 saturated carbocycles. The van der Waals surface area contributed by atoms with Gasteiger partial charge < -0.3 is 9.64 Å². The van der Waals surface area contributed by atoms with E-state index in [1.807, 2.05) is 25.1 Å². The molecule has 2 aromatic rings. The first-order valence-electron chi connectivity index (χ1n) is 8.77. The predicted molar refractivity (Wildman–Crippen MR) is 97.7 cm³/mol. The smallest absolute Gasteiger partial charge is 0.140 e. The van der Waals surface area contributed by atoms with Crippen LogP contribution < -0.4 is 4.90 Å². The molecule has 1 atom stereocenters. The van der Waals surface area contributed by atoms with Gasteiger partial charge in [0.15, 0.2) is 0 Å². The van der Waals surface area contributed by atoms with Crippen molar-refractivity contribution < 1.29 is 9.53 Å². The van der Waals surface area contributed by atoms with E-state index in [1.165, 1.54) is 11.3 Å². The van der Waals surface area contributed by atoms with Crippen molar-refractivity contribution in [2.24, 2.45) is 0 Å². The number of ketones is 1. The highest BCUT2D eigenvalue weighted by molar-refractivity contribution is 5.86. The molecule has 3 heteroatoms. The van der Waals surface area contributed by atoms with Crippen LogP contribution in [0.4, 0.5) is 5.69 Å². The lowest BCUT2D eigenvalue weighted by atomic mass is 9.87. The summed E-state index contributed by atoms with van der Waals surface area (Å²) in [6.45, 7) is 5.38. The summed E-state index contributed by atoms with van der Waals surface area (Å²) in [7, 11) is 0. The van der Waals surface area contributed by atoms with Crippen LogP contribution in [0.15, 0.2) is 54.6 Å². The number of benzene rings is 2. The molecule has 0 aliphatic carbocycles. The highest BCUT2D eigenvalue weighted by Crippen LogP contribution is 2.26. The van der Waals surface area contributed by atoms with E-state index < -0.39 is 0 Å². The molecule has 0 bridgehead atoms. The second kappa shape index (κ2) is 8.11. The van der Waals surface area contributed by atoms with Gasteiger partial charge in [0.1, 0.15) is 5.78 Å². The van der Waals surface area contributed by atoms with Crippen LogP contribution in [0.1, 0.15) is 30.4 Å². The molecule has 24 heavy (non-hydrogen) atoms. The van der Waals surface area contributed by atoms with E-state index in [2.05, 4.69) is 41.3 Å². The molecule has 3 rings (SSSR count). The Morgan fingerprint density at radius 3 is 2.33 bits per heavy atom. The molecule has 1 heterocycles. The van der Waals surface area contributed by atoms with Gasteiger partial charge in [-0.15, -0.1) is 0 Å². The Bertz CT molecular complexity index is 645. The van der Waals surface area contributed by atoms with Crippen LogP contribution in [0.2, 0.25) is 0 Å². The van der Waals surface area contributed by atoms with Crippen LogP contribution in [0, 0.1) is 0 Å². The third-order valence-corrected chi connectivity index (χ3v) is 4.69. The van der Waals surface area contributed by atoms with E-state index in [0.29, 0.717) is 12.2 Å². The number of morpholine rings is 1. The fourth-order valence-electron chi connectivity index (χ4n) is 3.25. The maximum atomic E-state index is 12.5. The second-order valence-electron chi connectivity index (χ2n) is 6.25. The van der Waals surface area contributed by atoms with Crippen LogP contribution in [-0.2, 0) is 16.0 Å². The van der Waals surface area contributed by atoms with Crippen molar-refractivity contribution in [3.05, 3.63) is 65.7 Å². The third-order valence-electron chi connectivity index (χ3n) is 4.69. The Morgan fingerprint density at radius 2 is 1.71 bits per heavy atom. The molecule has 1 unspecified atom stereocenters. The van der Waals surface area contributed by atoms with Gasteiger partial charge in [-0.25, -0.2) is 0 Å². The molecule has 1 saturated heterocycles. The van der Waals surface area contributed by atoms with E-state index in [-0.39, 0.29) is 5.92 Å². The molecule has 126 valence electrons. The summed E-state index contributed by atoms with van der Waals surface area (Å²) in [5, 5.41) is 0. The lowest BCUT2D eigenvalue weighted by Gasteiger charge is -2.29. The van der Waals surface area contributed by atoms with Crippen molar-refractivity contribution >= 4 is 11.5 Å². The Labute approximate surface area is 144 Å². The fraction of sp³-hybridized carbons (Fsp3) is 0.381. The van der Waals surface area contributed by atoms with E-state index in [9.17, 15) is 4.79 Å². The highest BCUT2D eigenvalue weighted by Gasteiger charge is 2.20. The summed E-state index contributed by atoms with van der Waals surface area (Å²) in [5.74, 6) is 0.245. The quantitative estimate of drug-likeness (QED) is 0.809. The SMILES string of the molecule is CCC(=O)C(Cc1ccccc1)c1ccc(N2CCOCC2)cc1. The Hall–Kier alpha value is -2.13. The van der Waals surface area contributed by atoms with Crippen molar-refractivity contribution in [1.29, 1.82) is 0 Å². The number of ether oxygens (including phenoxy) is 1. The van der Waals surface area contributed by atoms with Crippen LogP contribution in [0.3, 0.4) is 0 Å². The number of nitrogens with zero attached hydrogens (tertiary/aromatic N) is 1. The molecule has 0 radical (unpaired) electrons. The minimum Gasteiger partial charge on any atom is -0.378 e. The topological polar surface area (TPSA) is 29.5 Å².